The van der Waals surface area contributed by atoms with Crippen LogP contribution in [0.3, 0.4) is 0 Å². The highest BCUT2D eigenvalue weighted by Gasteiger charge is 2.04. The van der Waals surface area contributed by atoms with Crippen LogP contribution in [0.25, 0.3) is 16.9 Å². The summed E-state index contributed by atoms with van der Waals surface area (Å²) in [4.78, 5) is 4.28. The van der Waals surface area contributed by atoms with Gasteiger partial charge in [0.05, 0.1) is 5.69 Å². The van der Waals surface area contributed by atoms with Gasteiger partial charge in [-0.05, 0) is 42.8 Å². The molecular weight excluding hydrogens is 210 g/mol. The second kappa shape index (κ2) is 3.63. The fourth-order valence-corrected chi connectivity index (χ4v) is 2.14. The molecule has 0 saturated carbocycles. The molecule has 0 saturated heterocycles. The highest BCUT2D eigenvalue weighted by atomic mass is 15.0. The predicted octanol–water partition coefficient (Wildman–Crippen LogP) is 2.89. The van der Waals surface area contributed by atoms with Gasteiger partial charge >= 0.3 is 0 Å². The maximum absolute atomic E-state index is 5.89. The van der Waals surface area contributed by atoms with Crippen molar-refractivity contribution in [1.82, 2.24) is 9.38 Å². The van der Waals surface area contributed by atoms with E-state index in [0.717, 1.165) is 28.2 Å². The van der Waals surface area contributed by atoms with Gasteiger partial charge in [-0.25, -0.2) is 4.98 Å². The standard InChI is InChI=1S/C14H13N3/c1-10-7-11(9-12(15)8-10)13-3-2-4-14-16-5-6-17(13)14/h2-9H,15H2,1H3. The molecule has 0 aliphatic carbocycles. The van der Waals surface area contributed by atoms with E-state index in [1.54, 1.807) is 6.20 Å². The van der Waals surface area contributed by atoms with Gasteiger partial charge in [-0.1, -0.05) is 6.07 Å². The lowest BCUT2D eigenvalue weighted by Gasteiger charge is -2.07. The molecule has 0 amide bonds. The van der Waals surface area contributed by atoms with Gasteiger partial charge in [0, 0.05) is 23.6 Å². The maximum Gasteiger partial charge on any atom is 0.137 e. The minimum absolute atomic E-state index is 0.789. The molecule has 0 unspecified atom stereocenters. The van der Waals surface area contributed by atoms with Crippen molar-refractivity contribution < 1.29 is 0 Å². The Morgan fingerprint density at radius 2 is 2.06 bits per heavy atom. The molecule has 0 spiro atoms. The van der Waals surface area contributed by atoms with Crippen LogP contribution in [0.4, 0.5) is 5.69 Å². The average Bonchev–Trinajstić information content (AvgIpc) is 2.75. The van der Waals surface area contributed by atoms with E-state index in [1.165, 1.54) is 0 Å². The molecule has 2 aromatic heterocycles. The number of nitrogen functional groups attached to an aromatic ring is 1. The van der Waals surface area contributed by atoms with E-state index in [2.05, 4.69) is 21.5 Å². The van der Waals surface area contributed by atoms with Crippen LogP contribution in [0.5, 0.6) is 0 Å². The van der Waals surface area contributed by atoms with E-state index in [4.69, 9.17) is 5.73 Å². The van der Waals surface area contributed by atoms with Crippen molar-refractivity contribution in [1.29, 1.82) is 0 Å². The van der Waals surface area contributed by atoms with Crippen LogP contribution < -0.4 is 5.73 Å². The fourth-order valence-electron chi connectivity index (χ4n) is 2.14. The Bertz CT molecular complexity index is 663. The predicted molar refractivity (Wildman–Crippen MR) is 69.8 cm³/mol. The summed E-state index contributed by atoms with van der Waals surface area (Å²) in [5.74, 6) is 0. The van der Waals surface area contributed by atoms with E-state index in [-0.39, 0.29) is 0 Å². The first-order chi connectivity index (χ1) is 8.24. The van der Waals surface area contributed by atoms with Crippen molar-refractivity contribution in [2.75, 3.05) is 5.73 Å². The quantitative estimate of drug-likeness (QED) is 0.644. The summed E-state index contributed by atoms with van der Waals surface area (Å²) in [5.41, 5.74) is 11.0. The summed E-state index contributed by atoms with van der Waals surface area (Å²) in [6, 6.07) is 12.2. The van der Waals surface area contributed by atoms with E-state index in [0.29, 0.717) is 0 Å². The van der Waals surface area contributed by atoms with Crippen molar-refractivity contribution in [3.8, 4) is 11.3 Å². The fraction of sp³-hybridized carbons (Fsp3) is 0.0714. The van der Waals surface area contributed by atoms with Gasteiger partial charge in [0.1, 0.15) is 5.65 Å². The maximum atomic E-state index is 5.89. The van der Waals surface area contributed by atoms with Gasteiger partial charge < -0.3 is 5.73 Å². The van der Waals surface area contributed by atoms with Gasteiger partial charge in [0.25, 0.3) is 0 Å². The third-order valence-corrected chi connectivity index (χ3v) is 2.82. The Hall–Kier alpha value is -2.29. The Labute approximate surface area is 99.5 Å². The van der Waals surface area contributed by atoms with Crippen molar-refractivity contribution >= 4 is 11.3 Å². The molecule has 2 heterocycles. The molecule has 3 aromatic rings. The number of anilines is 1. The van der Waals surface area contributed by atoms with Crippen molar-refractivity contribution in [3.63, 3.8) is 0 Å². The molecule has 1 aromatic carbocycles. The topological polar surface area (TPSA) is 43.3 Å². The number of aryl methyl sites for hydroxylation is 1. The summed E-state index contributed by atoms with van der Waals surface area (Å²) < 4.78 is 2.06. The van der Waals surface area contributed by atoms with Crippen LogP contribution in [0.15, 0.2) is 48.8 Å². The highest BCUT2D eigenvalue weighted by Crippen LogP contribution is 2.24. The largest absolute Gasteiger partial charge is 0.399 e. The molecule has 0 aliphatic rings. The van der Waals surface area contributed by atoms with Gasteiger partial charge in [-0.3, -0.25) is 4.40 Å². The summed E-state index contributed by atoms with van der Waals surface area (Å²) >= 11 is 0. The molecule has 3 nitrogen and oxygen atoms in total. The first-order valence-electron chi connectivity index (χ1n) is 5.54. The summed E-state index contributed by atoms with van der Waals surface area (Å²) in [6.07, 6.45) is 3.77. The molecule has 0 radical (unpaired) electrons. The molecular formula is C14H13N3. The third-order valence-electron chi connectivity index (χ3n) is 2.82. The highest BCUT2D eigenvalue weighted by molar-refractivity contribution is 5.68. The van der Waals surface area contributed by atoms with Gasteiger partial charge in [-0.2, -0.15) is 0 Å². The molecule has 84 valence electrons. The number of imidazole rings is 1. The Morgan fingerprint density at radius 1 is 1.18 bits per heavy atom. The number of pyridine rings is 1. The SMILES string of the molecule is Cc1cc(N)cc(-c2cccc3nccn23)c1. The van der Waals surface area contributed by atoms with Gasteiger partial charge in [0.2, 0.25) is 0 Å². The molecule has 0 fully saturated rings. The Morgan fingerprint density at radius 3 is 2.88 bits per heavy atom. The van der Waals surface area contributed by atoms with Crippen LogP contribution in [0, 0.1) is 6.92 Å². The minimum Gasteiger partial charge on any atom is -0.399 e. The lowest BCUT2D eigenvalue weighted by Crippen LogP contribution is -1.93. The van der Waals surface area contributed by atoms with E-state index >= 15 is 0 Å². The normalized spacial score (nSPS) is 10.9. The lowest BCUT2D eigenvalue weighted by atomic mass is 10.1. The molecule has 0 aliphatic heterocycles. The summed E-state index contributed by atoms with van der Waals surface area (Å²) in [7, 11) is 0. The smallest absolute Gasteiger partial charge is 0.137 e. The third kappa shape index (κ3) is 1.65. The molecule has 2 N–H and O–H groups in total. The molecule has 0 atom stereocenters. The number of rotatable bonds is 1. The monoisotopic (exact) mass is 223 g/mol. The second-order valence-corrected chi connectivity index (χ2v) is 4.20. The molecule has 0 bridgehead atoms. The first kappa shape index (κ1) is 9.90. The zero-order valence-electron chi connectivity index (χ0n) is 9.59. The number of hydrogen-bond donors (Lipinski definition) is 1. The zero-order valence-corrected chi connectivity index (χ0v) is 9.59. The summed E-state index contributed by atoms with van der Waals surface area (Å²) in [6.45, 7) is 2.05. The van der Waals surface area contributed by atoms with E-state index < -0.39 is 0 Å². The van der Waals surface area contributed by atoms with Crippen molar-refractivity contribution in [2.24, 2.45) is 0 Å². The lowest BCUT2D eigenvalue weighted by molar-refractivity contribution is 1.19. The van der Waals surface area contributed by atoms with Crippen LogP contribution >= 0.6 is 0 Å². The molecule has 17 heavy (non-hydrogen) atoms. The Kier molecular flexibility index (Phi) is 2.11. The van der Waals surface area contributed by atoms with Crippen LogP contribution in [0.1, 0.15) is 5.56 Å². The molecule has 3 heteroatoms. The average molecular weight is 223 g/mol. The molecule has 3 rings (SSSR count). The second-order valence-electron chi connectivity index (χ2n) is 4.20. The van der Waals surface area contributed by atoms with E-state index in [1.807, 2.05) is 37.4 Å². The van der Waals surface area contributed by atoms with Crippen LogP contribution in [-0.4, -0.2) is 9.38 Å². The number of nitrogens with zero attached hydrogens (tertiary/aromatic N) is 2. The van der Waals surface area contributed by atoms with Crippen molar-refractivity contribution in [3.05, 3.63) is 54.4 Å². The number of hydrogen-bond acceptors (Lipinski definition) is 2. The zero-order chi connectivity index (χ0) is 11.8. The van der Waals surface area contributed by atoms with Crippen LogP contribution in [-0.2, 0) is 0 Å². The van der Waals surface area contributed by atoms with Gasteiger partial charge in [0.15, 0.2) is 0 Å². The Balaban J connectivity index is 2.30. The van der Waals surface area contributed by atoms with Crippen LogP contribution in [0.2, 0.25) is 0 Å². The summed E-state index contributed by atoms with van der Waals surface area (Å²) in [5, 5.41) is 0. The number of benzene rings is 1. The van der Waals surface area contributed by atoms with Crippen molar-refractivity contribution in [2.45, 2.75) is 6.92 Å². The number of aromatic nitrogens is 2. The number of fused-ring (bicyclic) bond motifs is 1. The first-order valence-corrected chi connectivity index (χ1v) is 5.54. The number of nitrogens with two attached hydrogens (primary N) is 1. The van der Waals surface area contributed by atoms with E-state index in [9.17, 15) is 0 Å². The minimum atomic E-state index is 0.789. The van der Waals surface area contributed by atoms with Gasteiger partial charge in [-0.15, -0.1) is 0 Å².